The first-order valence-corrected chi connectivity index (χ1v) is 13.6. The Balaban J connectivity index is 0.00000210. The summed E-state index contributed by atoms with van der Waals surface area (Å²) in [4.78, 5) is 18.9. The number of benzene rings is 2. The monoisotopic (exact) mass is 501 g/mol. The smallest absolute Gasteiger partial charge is 0.305 e. The van der Waals surface area contributed by atoms with Crippen molar-refractivity contribution in [1.29, 1.82) is 0 Å². The van der Waals surface area contributed by atoms with Crippen molar-refractivity contribution in [3.05, 3.63) is 58.6 Å². The number of rotatable bonds is 11. The molecule has 0 atom stereocenters. The van der Waals surface area contributed by atoms with E-state index in [-0.39, 0.29) is 5.97 Å². The number of hydrogen-bond donors (Lipinski definition) is 0. The average molecular weight is 502 g/mol. The highest BCUT2D eigenvalue weighted by atomic mass is 35.5. The van der Waals surface area contributed by atoms with Crippen molar-refractivity contribution in [1.82, 2.24) is 9.80 Å². The Morgan fingerprint density at radius 1 is 0.943 bits per heavy atom. The van der Waals surface area contributed by atoms with Crippen LogP contribution in [0, 0.1) is 13.8 Å². The summed E-state index contributed by atoms with van der Waals surface area (Å²) < 4.78 is 5.31. The molecule has 3 rings (SSSR count). The van der Waals surface area contributed by atoms with Gasteiger partial charge in [0.05, 0.1) is 0 Å². The molecule has 2 aromatic carbocycles. The summed E-state index contributed by atoms with van der Waals surface area (Å²) in [6.07, 6.45) is 2.44. The van der Waals surface area contributed by atoms with Gasteiger partial charge in [0.15, 0.2) is 0 Å². The fourth-order valence-electron chi connectivity index (χ4n) is 4.36. The number of ether oxygens (including phenoxy) is 1. The number of para-hydroxylation sites is 1. The van der Waals surface area contributed by atoms with Crippen molar-refractivity contribution >= 4 is 28.9 Å². The van der Waals surface area contributed by atoms with Gasteiger partial charge in [-0.3, -0.25) is 9.69 Å². The molecule has 0 radical (unpaired) electrons. The summed E-state index contributed by atoms with van der Waals surface area (Å²) in [5.41, 5.74) is 4.92. The van der Waals surface area contributed by atoms with Gasteiger partial charge in [0, 0.05) is 62.1 Å². The topological polar surface area (TPSA) is 36.0 Å². The number of anilines is 2. The summed E-state index contributed by atoms with van der Waals surface area (Å²) in [5.74, 6) is -0.0794. The van der Waals surface area contributed by atoms with Crippen LogP contribution in [0.3, 0.4) is 0 Å². The minimum Gasteiger partial charge on any atom is -0.464 e. The molecule has 5 nitrogen and oxygen atoms in total. The van der Waals surface area contributed by atoms with E-state index >= 15 is 0 Å². The Morgan fingerprint density at radius 2 is 1.57 bits per heavy atom. The molecule has 1 saturated heterocycles. The highest BCUT2D eigenvalue weighted by molar-refractivity contribution is 6.30. The molecule has 6 heteroatoms. The van der Waals surface area contributed by atoms with E-state index < -0.39 is 0 Å². The van der Waals surface area contributed by atoms with Gasteiger partial charge in [0.2, 0.25) is 0 Å². The first-order valence-electron chi connectivity index (χ1n) is 13.2. The van der Waals surface area contributed by atoms with E-state index in [0.717, 1.165) is 63.7 Å². The normalized spacial score (nSPS) is 14.2. The SMILES string of the molecule is CC.CCCC(=O)OCCN1CCN(CCCN(c2ccccc2C)c2cc(Cl)ccc2C)CC1. The molecule has 0 N–H and O–H groups in total. The van der Waals surface area contributed by atoms with Crippen LogP contribution in [0.4, 0.5) is 11.4 Å². The molecular weight excluding hydrogens is 458 g/mol. The lowest BCUT2D eigenvalue weighted by Gasteiger charge is -2.35. The lowest BCUT2D eigenvalue weighted by atomic mass is 10.1. The highest BCUT2D eigenvalue weighted by Gasteiger charge is 2.18. The quantitative estimate of drug-likeness (QED) is 0.329. The van der Waals surface area contributed by atoms with Crippen molar-refractivity contribution in [3.8, 4) is 0 Å². The van der Waals surface area contributed by atoms with Gasteiger partial charge in [0.1, 0.15) is 6.61 Å². The van der Waals surface area contributed by atoms with Crippen molar-refractivity contribution in [2.75, 3.05) is 57.3 Å². The highest BCUT2D eigenvalue weighted by Crippen LogP contribution is 2.32. The Labute approximate surface area is 218 Å². The molecule has 0 spiro atoms. The lowest BCUT2D eigenvalue weighted by Crippen LogP contribution is -2.47. The van der Waals surface area contributed by atoms with Crippen molar-refractivity contribution in [2.45, 2.75) is 53.9 Å². The molecule has 194 valence electrons. The number of halogens is 1. The van der Waals surface area contributed by atoms with Crippen molar-refractivity contribution < 1.29 is 9.53 Å². The molecule has 35 heavy (non-hydrogen) atoms. The van der Waals surface area contributed by atoms with E-state index in [1.54, 1.807) is 0 Å². The van der Waals surface area contributed by atoms with E-state index in [1.807, 2.05) is 26.8 Å². The van der Waals surface area contributed by atoms with Gasteiger partial charge in [-0.1, -0.05) is 56.6 Å². The summed E-state index contributed by atoms with van der Waals surface area (Å²) >= 11 is 6.36. The van der Waals surface area contributed by atoms with E-state index in [4.69, 9.17) is 16.3 Å². The molecule has 0 amide bonds. The maximum Gasteiger partial charge on any atom is 0.305 e. The summed E-state index contributed by atoms with van der Waals surface area (Å²) in [7, 11) is 0. The molecule has 0 aliphatic carbocycles. The molecule has 0 saturated carbocycles. The Bertz CT molecular complexity index is 897. The maximum absolute atomic E-state index is 11.5. The van der Waals surface area contributed by atoms with E-state index in [9.17, 15) is 4.79 Å². The zero-order chi connectivity index (χ0) is 25.6. The molecular formula is C29H44ClN3O2. The number of nitrogens with zero attached hydrogens (tertiary/aromatic N) is 3. The van der Waals surface area contributed by atoms with Gasteiger partial charge in [-0.15, -0.1) is 0 Å². The van der Waals surface area contributed by atoms with Crippen LogP contribution in [0.2, 0.25) is 5.02 Å². The van der Waals surface area contributed by atoms with Crippen LogP contribution >= 0.6 is 11.6 Å². The number of hydrogen-bond acceptors (Lipinski definition) is 5. The molecule has 1 aliphatic heterocycles. The number of carbonyl (C=O) groups excluding carboxylic acids is 1. The van der Waals surface area contributed by atoms with Crippen LogP contribution in [-0.2, 0) is 9.53 Å². The minimum absolute atomic E-state index is 0.0794. The third-order valence-corrected chi connectivity index (χ3v) is 6.55. The third kappa shape index (κ3) is 9.47. The summed E-state index contributed by atoms with van der Waals surface area (Å²) in [6.45, 7) is 17.8. The van der Waals surface area contributed by atoms with Gasteiger partial charge >= 0.3 is 5.97 Å². The van der Waals surface area contributed by atoms with Crippen LogP contribution in [0.5, 0.6) is 0 Å². The second kappa shape index (κ2) is 15.8. The van der Waals surface area contributed by atoms with E-state index in [1.165, 1.54) is 22.5 Å². The van der Waals surface area contributed by atoms with Crippen LogP contribution in [0.25, 0.3) is 0 Å². The average Bonchev–Trinajstić information content (AvgIpc) is 2.86. The van der Waals surface area contributed by atoms with E-state index in [2.05, 4.69) is 64.9 Å². The first-order chi connectivity index (χ1) is 17.0. The van der Waals surface area contributed by atoms with Gasteiger partial charge in [-0.25, -0.2) is 0 Å². The fourth-order valence-corrected chi connectivity index (χ4v) is 4.53. The maximum atomic E-state index is 11.5. The molecule has 1 fully saturated rings. The van der Waals surface area contributed by atoms with E-state index in [0.29, 0.717) is 13.0 Å². The second-order valence-corrected chi connectivity index (χ2v) is 9.31. The lowest BCUT2D eigenvalue weighted by molar-refractivity contribution is -0.144. The molecule has 0 unspecified atom stereocenters. The largest absolute Gasteiger partial charge is 0.464 e. The zero-order valence-electron chi connectivity index (χ0n) is 22.4. The number of carbonyl (C=O) groups is 1. The van der Waals surface area contributed by atoms with Gasteiger partial charge in [-0.2, -0.15) is 0 Å². The number of piperazine rings is 1. The first kappa shape index (κ1) is 29.2. The zero-order valence-corrected chi connectivity index (χ0v) is 23.1. The molecule has 2 aromatic rings. The van der Waals surface area contributed by atoms with Crippen LogP contribution in [0.1, 0.15) is 51.2 Å². The Hall–Kier alpha value is -2.08. The standard InChI is InChI=1S/C27H38ClN3O2.C2H6/c1-4-8-27(32)33-20-19-30-17-15-29(16-18-30)13-7-14-31(25-10-6-5-9-22(25)2)26-21-24(28)12-11-23(26)3;1-2/h5-6,9-12,21H,4,7-8,13-20H2,1-3H3;1-2H3. The summed E-state index contributed by atoms with van der Waals surface area (Å²) in [5, 5.41) is 0.769. The predicted octanol–water partition coefficient (Wildman–Crippen LogP) is 6.47. The predicted molar refractivity (Wildman–Crippen MR) is 149 cm³/mol. The molecule has 0 bridgehead atoms. The third-order valence-electron chi connectivity index (χ3n) is 6.31. The van der Waals surface area contributed by atoms with Crippen LogP contribution < -0.4 is 4.90 Å². The van der Waals surface area contributed by atoms with Gasteiger partial charge < -0.3 is 14.5 Å². The minimum atomic E-state index is -0.0794. The molecule has 1 heterocycles. The van der Waals surface area contributed by atoms with Gasteiger partial charge in [-0.05, 0) is 62.6 Å². The second-order valence-electron chi connectivity index (χ2n) is 8.88. The van der Waals surface area contributed by atoms with Crippen LogP contribution in [0.15, 0.2) is 42.5 Å². The molecule has 1 aliphatic rings. The number of aryl methyl sites for hydroxylation is 2. The van der Waals surface area contributed by atoms with Crippen molar-refractivity contribution in [3.63, 3.8) is 0 Å². The Morgan fingerprint density at radius 3 is 2.23 bits per heavy atom. The molecule has 0 aromatic heterocycles. The summed E-state index contributed by atoms with van der Waals surface area (Å²) in [6, 6.07) is 14.7. The van der Waals surface area contributed by atoms with Crippen LogP contribution in [-0.4, -0.2) is 68.2 Å². The van der Waals surface area contributed by atoms with Crippen molar-refractivity contribution in [2.24, 2.45) is 0 Å². The Kier molecular flexibility index (Phi) is 13.2. The number of esters is 1. The fraction of sp³-hybridized carbons (Fsp3) is 0.552. The van der Waals surface area contributed by atoms with Gasteiger partial charge in [0.25, 0.3) is 0 Å².